The van der Waals surface area contributed by atoms with Crippen LogP contribution in [0.3, 0.4) is 0 Å². The zero-order chi connectivity index (χ0) is 23.3. The molecule has 4 aromatic rings. The van der Waals surface area contributed by atoms with Gasteiger partial charge in [0.2, 0.25) is 0 Å². The molecule has 35 heavy (non-hydrogen) atoms. The number of ether oxygens (including phenoxy) is 1. The summed E-state index contributed by atoms with van der Waals surface area (Å²) in [5.74, 6) is 1.23. The van der Waals surface area contributed by atoms with Crippen LogP contribution in [-0.2, 0) is 6.54 Å². The zero-order valence-corrected chi connectivity index (χ0v) is 21.3. The Kier molecular flexibility index (Phi) is 8.37. The maximum absolute atomic E-state index is 10.1. The highest BCUT2D eigenvalue weighted by Gasteiger charge is 2.16. The average Bonchev–Trinajstić information content (AvgIpc) is 3.01. The second-order valence-corrected chi connectivity index (χ2v) is 9.38. The monoisotopic (exact) mass is 490 g/mol. The molecule has 1 aliphatic rings. The van der Waals surface area contributed by atoms with E-state index >= 15 is 0 Å². The van der Waals surface area contributed by atoms with Crippen LogP contribution in [0.25, 0.3) is 22.2 Å². The molecule has 4 nitrogen and oxygen atoms in total. The first-order chi connectivity index (χ1) is 16.7. The molecule has 1 N–H and O–H groups in total. The molecule has 1 saturated heterocycles. The Labute approximate surface area is 214 Å². The molecule has 0 aliphatic carbocycles. The normalized spacial score (nSPS) is 14.4. The van der Waals surface area contributed by atoms with Gasteiger partial charge in [0.25, 0.3) is 0 Å². The largest absolute Gasteiger partial charge is 0.508 e. The highest BCUT2D eigenvalue weighted by atomic mass is 35.5. The number of rotatable bonds is 7. The maximum Gasteiger partial charge on any atom is 0.119 e. The van der Waals surface area contributed by atoms with Gasteiger partial charge in [-0.2, -0.15) is 0 Å². The Morgan fingerprint density at radius 3 is 2.29 bits per heavy atom. The van der Waals surface area contributed by atoms with Crippen molar-refractivity contribution in [2.45, 2.75) is 39.2 Å². The first-order valence-electron chi connectivity index (χ1n) is 12.5. The number of aromatic hydroxyl groups is 1. The predicted molar refractivity (Wildman–Crippen MR) is 147 cm³/mol. The molecule has 3 aromatic carbocycles. The number of nitrogens with zero attached hydrogens (tertiary/aromatic N) is 2. The van der Waals surface area contributed by atoms with E-state index in [-0.39, 0.29) is 12.4 Å². The molecule has 1 fully saturated rings. The summed E-state index contributed by atoms with van der Waals surface area (Å²) in [7, 11) is 0. The van der Waals surface area contributed by atoms with E-state index in [1.165, 1.54) is 61.2 Å². The van der Waals surface area contributed by atoms with Crippen LogP contribution in [0, 0.1) is 6.92 Å². The highest BCUT2D eigenvalue weighted by molar-refractivity contribution is 5.92. The minimum atomic E-state index is 0. The van der Waals surface area contributed by atoms with Gasteiger partial charge in [0.1, 0.15) is 18.1 Å². The molecule has 0 radical (unpaired) electrons. The number of hydrogen-bond acceptors (Lipinski definition) is 3. The first kappa shape index (κ1) is 25.2. The van der Waals surface area contributed by atoms with E-state index in [9.17, 15) is 5.11 Å². The fraction of sp³-hybridized carbons (Fsp3) is 0.333. The molecule has 184 valence electrons. The van der Waals surface area contributed by atoms with E-state index in [0.717, 1.165) is 36.3 Å². The smallest absolute Gasteiger partial charge is 0.119 e. The molecule has 1 aliphatic heterocycles. The Hall–Kier alpha value is -2.95. The van der Waals surface area contributed by atoms with E-state index in [4.69, 9.17) is 4.74 Å². The zero-order valence-electron chi connectivity index (χ0n) is 20.5. The fourth-order valence-electron chi connectivity index (χ4n) is 5.17. The molecule has 5 heteroatoms. The third-order valence-electron chi connectivity index (χ3n) is 6.99. The predicted octanol–water partition coefficient (Wildman–Crippen LogP) is 7.05. The first-order valence-corrected chi connectivity index (χ1v) is 12.5. The number of likely N-dealkylation sites (tertiary alicyclic amines) is 1. The van der Waals surface area contributed by atoms with Gasteiger partial charge in [-0.1, -0.05) is 55.3 Å². The van der Waals surface area contributed by atoms with Crippen LogP contribution in [0.5, 0.6) is 11.5 Å². The molecule has 2 heterocycles. The molecular weight excluding hydrogens is 456 g/mol. The Balaban J connectivity index is 0.00000289. The minimum Gasteiger partial charge on any atom is -0.508 e. The minimum absolute atomic E-state index is 0. The lowest BCUT2D eigenvalue weighted by Gasteiger charge is -2.19. The standard InChI is InChI=1S/C30H34N2O2.ClH/c1-23-28-21-26(33)13-16-29(28)32(30(23)25-9-5-4-6-10-25)22-24-11-14-27(15-12-24)34-20-19-31-17-7-2-3-8-18-31;/h4-6,9-16,21,33H,2-3,7-8,17-20,22H2,1H3;1H. The molecule has 5 rings (SSSR count). The number of benzene rings is 3. The summed E-state index contributed by atoms with van der Waals surface area (Å²) in [5, 5.41) is 11.2. The van der Waals surface area contributed by atoms with Crippen molar-refractivity contribution in [3.63, 3.8) is 0 Å². The Bertz CT molecular complexity index is 1230. The Morgan fingerprint density at radius 2 is 1.57 bits per heavy atom. The van der Waals surface area contributed by atoms with Crippen molar-refractivity contribution in [3.8, 4) is 22.8 Å². The lowest BCUT2D eigenvalue weighted by atomic mass is 10.1. The van der Waals surface area contributed by atoms with Gasteiger partial charge in [-0.25, -0.2) is 0 Å². The third-order valence-corrected chi connectivity index (χ3v) is 6.99. The second-order valence-electron chi connectivity index (χ2n) is 9.38. The van der Waals surface area contributed by atoms with E-state index in [1.807, 2.05) is 18.2 Å². The number of phenolic OH excluding ortho intramolecular Hbond substituents is 1. The number of halogens is 1. The summed E-state index contributed by atoms with van der Waals surface area (Å²) in [6.45, 7) is 7.05. The topological polar surface area (TPSA) is 37.6 Å². The average molecular weight is 491 g/mol. The molecule has 1 aromatic heterocycles. The van der Waals surface area contributed by atoms with E-state index in [1.54, 1.807) is 6.07 Å². The summed E-state index contributed by atoms with van der Waals surface area (Å²) in [6, 6.07) is 24.7. The molecule has 0 saturated carbocycles. The van der Waals surface area contributed by atoms with Crippen molar-refractivity contribution in [3.05, 3.63) is 83.9 Å². The van der Waals surface area contributed by atoms with E-state index < -0.39 is 0 Å². The number of aromatic nitrogens is 1. The van der Waals surface area contributed by atoms with E-state index in [0.29, 0.717) is 5.75 Å². The second kappa shape index (κ2) is 11.7. The van der Waals surface area contributed by atoms with Gasteiger partial charge in [0, 0.05) is 24.0 Å². The van der Waals surface area contributed by atoms with Crippen molar-refractivity contribution in [1.29, 1.82) is 0 Å². The number of hydrogen-bond donors (Lipinski definition) is 1. The fourth-order valence-corrected chi connectivity index (χ4v) is 5.17. The van der Waals surface area contributed by atoms with Crippen molar-refractivity contribution in [1.82, 2.24) is 9.47 Å². The van der Waals surface area contributed by atoms with Gasteiger partial charge in [-0.15, -0.1) is 12.4 Å². The lowest BCUT2D eigenvalue weighted by molar-refractivity contribution is 0.214. The molecule has 0 bridgehead atoms. The lowest BCUT2D eigenvalue weighted by Crippen LogP contribution is -2.29. The van der Waals surface area contributed by atoms with Crippen molar-refractivity contribution in [2.75, 3.05) is 26.2 Å². The van der Waals surface area contributed by atoms with E-state index in [2.05, 4.69) is 64.9 Å². The molecule has 0 spiro atoms. The van der Waals surface area contributed by atoms with Gasteiger partial charge < -0.3 is 14.4 Å². The van der Waals surface area contributed by atoms with Crippen LogP contribution in [-0.4, -0.2) is 40.8 Å². The maximum atomic E-state index is 10.1. The molecule has 0 amide bonds. The summed E-state index contributed by atoms with van der Waals surface area (Å²) < 4.78 is 8.41. The van der Waals surface area contributed by atoms with Gasteiger partial charge in [0.05, 0.1) is 5.69 Å². The summed E-state index contributed by atoms with van der Waals surface area (Å²) >= 11 is 0. The number of aryl methyl sites for hydroxylation is 1. The Morgan fingerprint density at radius 1 is 0.857 bits per heavy atom. The van der Waals surface area contributed by atoms with Gasteiger partial charge >= 0.3 is 0 Å². The quantitative estimate of drug-likeness (QED) is 0.301. The molecule has 0 unspecified atom stereocenters. The van der Waals surface area contributed by atoms with Gasteiger partial charge in [-0.3, -0.25) is 4.90 Å². The van der Waals surface area contributed by atoms with Crippen LogP contribution in [0.15, 0.2) is 72.8 Å². The van der Waals surface area contributed by atoms with Gasteiger partial charge in [0.15, 0.2) is 0 Å². The summed E-state index contributed by atoms with van der Waals surface area (Å²) in [6.07, 6.45) is 5.35. The summed E-state index contributed by atoms with van der Waals surface area (Å²) in [4.78, 5) is 2.53. The van der Waals surface area contributed by atoms with Crippen LogP contribution in [0.4, 0.5) is 0 Å². The van der Waals surface area contributed by atoms with Crippen LogP contribution in [0.1, 0.15) is 36.8 Å². The van der Waals surface area contributed by atoms with Gasteiger partial charge in [-0.05, 0) is 79.9 Å². The number of phenols is 1. The number of fused-ring (bicyclic) bond motifs is 1. The van der Waals surface area contributed by atoms with Crippen molar-refractivity contribution in [2.24, 2.45) is 0 Å². The highest BCUT2D eigenvalue weighted by Crippen LogP contribution is 2.35. The van der Waals surface area contributed by atoms with Crippen LogP contribution < -0.4 is 4.74 Å². The third kappa shape index (κ3) is 5.83. The summed E-state index contributed by atoms with van der Waals surface area (Å²) in [5.41, 5.74) is 5.92. The molecular formula is C30H35ClN2O2. The SMILES string of the molecule is Cc1c(-c2ccccc2)n(Cc2ccc(OCCN3CCCCCC3)cc2)c2ccc(O)cc12.Cl. The van der Waals surface area contributed by atoms with Crippen LogP contribution >= 0.6 is 12.4 Å². The van der Waals surface area contributed by atoms with Crippen molar-refractivity contribution >= 4 is 23.3 Å². The molecule has 0 atom stereocenters. The van der Waals surface area contributed by atoms with Crippen molar-refractivity contribution < 1.29 is 9.84 Å². The van der Waals surface area contributed by atoms with Crippen LogP contribution in [0.2, 0.25) is 0 Å².